The highest BCUT2D eigenvalue weighted by Gasteiger charge is 2.42. The molecule has 28 heavy (non-hydrogen) atoms. The molecule has 1 saturated heterocycles. The van der Waals surface area contributed by atoms with Crippen LogP contribution in [-0.4, -0.2) is 17.7 Å². The molecule has 4 rings (SSSR count). The maximum absolute atomic E-state index is 13.3. The molecular formula is C21H18FN3O3. The van der Waals surface area contributed by atoms with Gasteiger partial charge in [0, 0.05) is 11.3 Å². The van der Waals surface area contributed by atoms with Gasteiger partial charge < -0.3 is 5.32 Å². The zero-order valence-electron chi connectivity index (χ0n) is 14.9. The molecule has 3 amide bonds. The summed E-state index contributed by atoms with van der Waals surface area (Å²) in [5.74, 6) is -2.05. The molecule has 2 aliphatic rings. The lowest BCUT2D eigenvalue weighted by Gasteiger charge is -2.38. The van der Waals surface area contributed by atoms with Gasteiger partial charge in [-0.25, -0.2) is 9.40 Å². The summed E-state index contributed by atoms with van der Waals surface area (Å²) in [6, 6.07) is 12.0. The number of anilines is 2. The summed E-state index contributed by atoms with van der Waals surface area (Å²) in [4.78, 5) is 37.7. The smallest absolute Gasteiger partial charge is 0.255 e. The van der Waals surface area contributed by atoms with Gasteiger partial charge in [0.15, 0.2) is 0 Å². The van der Waals surface area contributed by atoms with E-state index in [1.165, 1.54) is 29.3 Å². The minimum absolute atomic E-state index is 0.198. The van der Waals surface area contributed by atoms with Gasteiger partial charge in [-0.15, -0.1) is 0 Å². The average molecular weight is 379 g/mol. The molecule has 0 radical (unpaired) electrons. The fraction of sp³-hybridized carbons (Fsp3) is 0.190. The summed E-state index contributed by atoms with van der Waals surface area (Å²) in [6.07, 6.45) is 4.90. The van der Waals surface area contributed by atoms with Crippen LogP contribution in [0.5, 0.6) is 0 Å². The topological polar surface area (TPSA) is 78.5 Å². The molecule has 0 spiro atoms. The van der Waals surface area contributed by atoms with Crippen molar-refractivity contribution in [1.29, 1.82) is 0 Å². The first kappa shape index (κ1) is 17.9. The largest absolute Gasteiger partial charge is 0.322 e. The molecule has 142 valence electrons. The van der Waals surface area contributed by atoms with Crippen molar-refractivity contribution in [2.45, 2.75) is 12.8 Å². The number of amides is 3. The summed E-state index contributed by atoms with van der Waals surface area (Å²) in [6.45, 7) is 0. The van der Waals surface area contributed by atoms with Gasteiger partial charge in [0.05, 0.1) is 17.5 Å². The number of rotatable bonds is 3. The Kier molecular flexibility index (Phi) is 4.65. The van der Waals surface area contributed by atoms with Crippen LogP contribution in [-0.2, 0) is 9.59 Å². The number of hydrogen-bond acceptors (Lipinski definition) is 3. The van der Waals surface area contributed by atoms with Crippen LogP contribution >= 0.6 is 0 Å². The second-order valence-corrected chi connectivity index (χ2v) is 6.82. The van der Waals surface area contributed by atoms with Crippen molar-refractivity contribution in [2.75, 3.05) is 10.3 Å². The van der Waals surface area contributed by atoms with Crippen molar-refractivity contribution < 1.29 is 18.8 Å². The Hall–Kier alpha value is -3.48. The van der Waals surface area contributed by atoms with Crippen molar-refractivity contribution in [3.05, 3.63) is 72.1 Å². The number of halogens is 1. The fourth-order valence-electron chi connectivity index (χ4n) is 3.54. The normalized spacial score (nSPS) is 21.1. The van der Waals surface area contributed by atoms with Gasteiger partial charge >= 0.3 is 0 Å². The summed E-state index contributed by atoms with van der Waals surface area (Å²) in [5, 5.41) is 3.83. The third-order valence-corrected chi connectivity index (χ3v) is 4.98. The minimum atomic E-state index is -0.454. The standard InChI is InChI=1S/C21H18FN3O3/c22-14-6-4-7-15(12-14)23-19(26)13-5-3-8-16(11-13)25-21(28)18-10-2-1-9-17(18)20(27)24-25/h1-8,11-12,17-18H,9-10H2,(H,23,26)(H,24,27). The number of hydrogen-bond donors (Lipinski definition) is 2. The predicted molar refractivity (Wildman–Crippen MR) is 102 cm³/mol. The number of allylic oxidation sites excluding steroid dienone is 2. The molecule has 1 aliphatic carbocycles. The van der Waals surface area contributed by atoms with Crippen molar-refractivity contribution in [3.63, 3.8) is 0 Å². The molecule has 6 nitrogen and oxygen atoms in total. The van der Waals surface area contributed by atoms with Gasteiger partial charge in [-0.1, -0.05) is 24.3 Å². The third kappa shape index (κ3) is 3.38. The molecule has 1 aliphatic heterocycles. The molecule has 0 bridgehead atoms. The number of nitrogens with zero attached hydrogens (tertiary/aromatic N) is 1. The fourth-order valence-corrected chi connectivity index (χ4v) is 3.54. The lowest BCUT2D eigenvalue weighted by Crippen LogP contribution is -2.59. The first-order chi connectivity index (χ1) is 13.5. The molecule has 2 aromatic rings. The third-order valence-electron chi connectivity index (χ3n) is 4.98. The summed E-state index contributed by atoms with van der Waals surface area (Å²) in [7, 11) is 0. The van der Waals surface area contributed by atoms with Gasteiger partial charge in [0.1, 0.15) is 5.82 Å². The van der Waals surface area contributed by atoms with E-state index in [1.807, 2.05) is 12.2 Å². The molecule has 0 aromatic heterocycles. The van der Waals surface area contributed by atoms with Crippen LogP contribution in [0.3, 0.4) is 0 Å². The number of benzene rings is 2. The van der Waals surface area contributed by atoms with Crippen LogP contribution < -0.4 is 15.8 Å². The zero-order valence-corrected chi connectivity index (χ0v) is 14.9. The number of nitrogens with one attached hydrogen (secondary N) is 2. The van der Waals surface area contributed by atoms with E-state index in [0.717, 1.165) is 0 Å². The summed E-state index contributed by atoms with van der Waals surface area (Å²) in [5.41, 5.74) is 3.65. The average Bonchev–Trinajstić information content (AvgIpc) is 2.71. The van der Waals surface area contributed by atoms with E-state index < -0.39 is 17.6 Å². The van der Waals surface area contributed by atoms with Crippen molar-refractivity contribution >= 4 is 29.1 Å². The van der Waals surface area contributed by atoms with Crippen LogP contribution in [0.1, 0.15) is 23.2 Å². The van der Waals surface area contributed by atoms with Gasteiger partial charge in [0.25, 0.3) is 5.91 Å². The molecule has 2 unspecified atom stereocenters. The van der Waals surface area contributed by atoms with Gasteiger partial charge in [-0.2, -0.15) is 0 Å². The van der Waals surface area contributed by atoms with Crippen molar-refractivity contribution in [2.24, 2.45) is 11.8 Å². The van der Waals surface area contributed by atoms with Crippen LogP contribution in [0.15, 0.2) is 60.7 Å². The Morgan fingerprint density at radius 3 is 2.57 bits per heavy atom. The molecule has 2 N–H and O–H groups in total. The Morgan fingerprint density at radius 1 is 1.04 bits per heavy atom. The Balaban J connectivity index is 1.56. The van der Waals surface area contributed by atoms with Crippen LogP contribution in [0.25, 0.3) is 0 Å². The van der Waals surface area contributed by atoms with E-state index in [-0.39, 0.29) is 23.3 Å². The molecule has 1 heterocycles. The van der Waals surface area contributed by atoms with Crippen LogP contribution in [0.2, 0.25) is 0 Å². The van der Waals surface area contributed by atoms with Gasteiger partial charge in [0.2, 0.25) is 11.8 Å². The second kappa shape index (κ2) is 7.26. The Labute approximate surface area is 161 Å². The molecule has 1 fully saturated rings. The SMILES string of the molecule is O=C(Nc1cccc(F)c1)c1cccc(N2NC(=O)C3CC=CCC3C2=O)c1. The van der Waals surface area contributed by atoms with Gasteiger partial charge in [-0.3, -0.25) is 19.8 Å². The first-order valence-corrected chi connectivity index (χ1v) is 8.99. The van der Waals surface area contributed by atoms with Crippen molar-refractivity contribution in [3.8, 4) is 0 Å². The second-order valence-electron chi connectivity index (χ2n) is 6.82. The number of carbonyl (C=O) groups excluding carboxylic acids is 3. The molecule has 0 saturated carbocycles. The van der Waals surface area contributed by atoms with E-state index in [9.17, 15) is 18.8 Å². The van der Waals surface area contributed by atoms with Crippen LogP contribution in [0.4, 0.5) is 15.8 Å². The van der Waals surface area contributed by atoms with E-state index in [1.54, 1.807) is 24.3 Å². The van der Waals surface area contributed by atoms with E-state index in [2.05, 4.69) is 10.7 Å². The minimum Gasteiger partial charge on any atom is -0.322 e. The number of carbonyl (C=O) groups is 3. The molecule has 7 heteroatoms. The summed E-state index contributed by atoms with van der Waals surface area (Å²) >= 11 is 0. The number of fused-ring (bicyclic) bond motifs is 1. The van der Waals surface area contributed by atoms with E-state index in [4.69, 9.17) is 0 Å². The van der Waals surface area contributed by atoms with E-state index in [0.29, 0.717) is 24.2 Å². The number of hydrazine groups is 1. The highest BCUT2D eigenvalue weighted by Crippen LogP contribution is 2.32. The molecular weight excluding hydrogens is 361 g/mol. The maximum Gasteiger partial charge on any atom is 0.255 e. The van der Waals surface area contributed by atoms with Crippen molar-refractivity contribution in [1.82, 2.24) is 5.43 Å². The molecule has 2 aromatic carbocycles. The first-order valence-electron chi connectivity index (χ1n) is 8.99. The quantitative estimate of drug-likeness (QED) is 0.805. The maximum atomic E-state index is 13.3. The summed E-state index contributed by atoms with van der Waals surface area (Å²) < 4.78 is 13.3. The Morgan fingerprint density at radius 2 is 1.79 bits per heavy atom. The Bertz CT molecular complexity index is 988. The molecule has 2 atom stereocenters. The monoisotopic (exact) mass is 379 g/mol. The van der Waals surface area contributed by atoms with E-state index >= 15 is 0 Å². The lowest BCUT2D eigenvalue weighted by atomic mass is 9.80. The van der Waals surface area contributed by atoms with Crippen LogP contribution in [0, 0.1) is 17.7 Å². The zero-order chi connectivity index (χ0) is 19.7. The van der Waals surface area contributed by atoms with Gasteiger partial charge in [-0.05, 0) is 49.2 Å². The lowest BCUT2D eigenvalue weighted by molar-refractivity contribution is -0.139. The highest BCUT2D eigenvalue weighted by atomic mass is 19.1. The highest BCUT2D eigenvalue weighted by molar-refractivity contribution is 6.07. The predicted octanol–water partition coefficient (Wildman–Crippen LogP) is 3.04.